The van der Waals surface area contributed by atoms with Crippen LogP contribution in [0.15, 0.2) is 18.2 Å². The van der Waals surface area contributed by atoms with Gasteiger partial charge in [0.1, 0.15) is 12.4 Å². The third-order valence-electron chi connectivity index (χ3n) is 5.46. The van der Waals surface area contributed by atoms with Gasteiger partial charge in [0.25, 0.3) is 5.91 Å². The van der Waals surface area contributed by atoms with Crippen LogP contribution in [0.4, 0.5) is 5.69 Å². The van der Waals surface area contributed by atoms with E-state index in [1.807, 2.05) is 24.1 Å². The lowest BCUT2D eigenvalue weighted by atomic mass is 10.1. The van der Waals surface area contributed by atoms with Gasteiger partial charge in [0.2, 0.25) is 5.91 Å². The van der Waals surface area contributed by atoms with Crippen LogP contribution in [-0.2, 0) is 9.53 Å². The quantitative estimate of drug-likeness (QED) is 0.782. The summed E-state index contributed by atoms with van der Waals surface area (Å²) in [6, 6.07) is 5.35. The summed E-state index contributed by atoms with van der Waals surface area (Å²) in [5.41, 5.74) is 1.58. The molecule has 0 bridgehead atoms. The molecule has 2 aliphatic rings. The minimum Gasteiger partial charge on any atom is -0.489 e. The van der Waals surface area contributed by atoms with Crippen LogP contribution in [0.25, 0.3) is 0 Å². The number of carbonyl (C=O) groups excluding carboxylic acids is 2. The van der Waals surface area contributed by atoms with Crippen LogP contribution in [0.1, 0.15) is 29.6 Å². The number of benzene rings is 1. The minimum atomic E-state index is -0.0696. The van der Waals surface area contributed by atoms with Gasteiger partial charge in [-0.15, -0.1) is 0 Å². The van der Waals surface area contributed by atoms with Crippen molar-refractivity contribution in [1.29, 1.82) is 0 Å². The van der Waals surface area contributed by atoms with E-state index in [0.717, 1.165) is 24.3 Å². The maximum Gasteiger partial charge on any atom is 0.253 e. The number of nitrogens with zero attached hydrogens (tertiary/aromatic N) is 2. The predicted molar refractivity (Wildman–Crippen MR) is 103 cm³/mol. The summed E-state index contributed by atoms with van der Waals surface area (Å²) in [7, 11) is 7.09. The van der Waals surface area contributed by atoms with E-state index >= 15 is 0 Å². The maximum absolute atomic E-state index is 12.4. The highest BCUT2D eigenvalue weighted by Gasteiger charge is 2.42. The van der Waals surface area contributed by atoms with Crippen molar-refractivity contribution in [2.24, 2.45) is 5.41 Å². The van der Waals surface area contributed by atoms with Gasteiger partial charge in [0, 0.05) is 45.8 Å². The Labute approximate surface area is 160 Å². The second-order valence-corrected chi connectivity index (χ2v) is 7.87. The molecule has 1 fully saturated rings. The summed E-state index contributed by atoms with van der Waals surface area (Å²) >= 11 is 0. The number of rotatable bonds is 7. The van der Waals surface area contributed by atoms with Gasteiger partial charge < -0.3 is 24.6 Å². The third kappa shape index (κ3) is 4.35. The van der Waals surface area contributed by atoms with Crippen LogP contribution >= 0.6 is 0 Å². The van der Waals surface area contributed by atoms with Crippen molar-refractivity contribution in [3.8, 4) is 5.75 Å². The Bertz CT molecular complexity index is 715. The Morgan fingerprint density at radius 1 is 1.37 bits per heavy atom. The van der Waals surface area contributed by atoms with E-state index in [9.17, 15) is 9.59 Å². The average Bonchev–Trinajstić information content (AvgIpc) is 3.42. The number of hydrogen-bond donors (Lipinski definition) is 1. The smallest absolute Gasteiger partial charge is 0.253 e. The molecule has 0 radical (unpaired) electrons. The van der Waals surface area contributed by atoms with E-state index in [2.05, 4.69) is 5.32 Å². The van der Waals surface area contributed by atoms with E-state index in [0.29, 0.717) is 31.7 Å². The zero-order valence-electron chi connectivity index (χ0n) is 16.6. The number of fused-ring (bicyclic) bond motifs is 1. The van der Waals surface area contributed by atoms with E-state index in [1.54, 1.807) is 32.2 Å². The average molecular weight is 375 g/mol. The van der Waals surface area contributed by atoms with Crippen molar-refractivity contribution in [3.63, 3.8) is 0 Å². The second kappa shape index (κ2) is 7.76. The first-order chi connectivity index (χ1) is 12.8. The number of carbonyl (C=O) groups is 2. The highest BCUT2D eigenvalue weighted by molar-refractivity contribution is 5.95. The normalized spacial score (nSPS) is 19.7. The summed E-state index contributed by atoms with van der Waals surface area (Å²) in [6.45, 7) is 1.80. The molecule has 2 amide bonds. The number of likely N-dealkylation sites (N-methyl/N-ethyl adjacent to an activating group) is 1. The largest absolute Gasteiger partial charge is 0.489 e. The van der Waals surface area contributed by atoms with Gasteiger partial charge in [-0.3, -0.25) is 9.59 Å². The number of methoxy groups -OCH3 is 1. The number of anilines is 1. The van der Waals surface area contributed by atoms with Gasteiger partial charge in [-0.05, 0) is 31.0 Å². The molecule has 0 aromatic heterocycles. The first kappa shape index (κ1) is 19.5. The van der Waals surface area contributed by atoms with Crippen molar-refractivity contribution in [1.82, 2.24) is 10.2 Å². The van der Waals surface area contributed by atoms with Crippen molar-refractivity contribution in [3.05, 3.63) is 23.8 Å². The molecule has 1 aliphatic carbocycles. The Morgan fingerprint density at radius 2 is 2.11 bits per heavy atom. The van der Waals surface area contributed by atoms with Gasteiger partial charge in [-0.1, -0.05) is 0 Å². The molecule has 3 rings (SSSR count). The molecular formula is C20H29N3O4. The molecule has 1 saturated carbocycles. The first-order valence-corrected chi connectivity index (χ1v) is 9.32. The Morgan fingerprint density at radius 3 is 2.74 bits per heavy atom. The Kier molecular flexibility index (Phi) is 5.60. The van der Waals surface area contributed by atoms with Gasteiger partial charge in [0.15, 0.2) is 0 Å². The molecule has 7 heteroatoms. The molecule has 148 valence electrons. The second-order valence-electron chi connectivity index (χ2n) is 7.87. The van der Waals surface area contributed by atoms with Crippen molar-refractivity contribution in [2.45, 2.75) is 25.3 Å². The first-order valence-electron chi connectivity index (χ1n) is 9.32. The minimum absolute atomic E-state index is 0.0156. The fourth-order valence-electron chi connectivity index (χ4n) is 3.42. The van der Waals surface area contributed by atoms with E-state index in [-0.39, 0.29) is 23.3 Å². The van der Waals surface area contributed by atoms with Crippen LogP contribution in [0, 0.1) is 5.41 Å². The van der Waals surface area contributed by atoms with Crippen LogP contribution in [0.3, 0.4) is 0 Å². The fourth-order valence-corrected chi connectivity index (χ4v) is 3.42. The summed E-state index contributed by atoms with van der Waals surface area (Å²) in [6.07, 6.45) is 2.55. The Hall–Kier alpha value is -2.28. The zero-order chi connectivity index (χ0) is 19.6. The third-order valence-corrected chi connectivity index (χ3v) is 5.46. The molecule has 1 unspecified atom stereocenters. The lowest BCUT2D eigenvalue weighted by molar-refractivity contribution is -0.122. The van der Waals surface area contributed by atoms with E-state index in [1.165, 1.54) is 0 Å². The summed E-state index contributed by atoms with van der Waals surface area (Å²) < 4.78 is 11.1. The molecular weight excluding hydrogens is 346 g/mol. The molecule has 1 N–H and O–H groups in total. The van der Waals surface area contributed by atoms with E-state index < -0.39 is 0 Å². The standard InChI is InChI=1S/C20H29N3O4/c1-22(2)19(25)14-5-6-17-16(9-14)23(3)15(11-27-17)10-18(24)21-12-20(7-8-20)13-26-4/h5-6,9,15H,7-8,10-13H2,1-4H3,(H,21,24). The highest BCUT2D eigenvalue weighted by atomic mass is 16.5. The van der Waals surface area contributed by atoms with Gasteiger partial charge in [-0.25, -0.2) is 0 Å². The van der Waals surface area contributed by atoms with Gasteiger partial charge in [-0.2, -0.15) is 0 Å². The number of ether oxygens (including phenoxy) is 2. The topological polar surface area (TPSA) is 71.1 Å². The molecule has 0 saturated heterocycles. The molecule has 1 aliphatic heterocycles. The predicted octanol–water partition coefficient (Wildman–Crippen LogP) is 1.52. The molecule has 1 heterocycles. The van der Waals surface area contributed by atoms with Gasteiger partial charge in [0.05, 0.1) is 24.8 Å². The number of nitrogens with one attached hydrogen (secondary N) is 1. The lowest BCUT2D eigenvalue weighted by Gasteiger charge is -2.36. The molecule has 27 heavy (non-hydrogen) atoms. The van der Waals surface area contributed by atoms with Gasteiger partial charge >= 0.3 is 0 Å². The number of hydrogen-bond acceptors (Lipinski definition) is 5. The molecule has 7 nitrogen and oxygen atoms in total. The molecule has 1 aromatic carbocycles. The Balaban J connectivity index is 1.62. The summed E-state index contributed by atoms with van der Waals surface area (Å²) in [4.78, 5) is 28.2. The van der Waals surface area contributed by atoms with Crippen LogP contribution in [-0.4, -0.2) is 70.8 Å². The van der Waals surface area contributed by atoms with Crippen molar-refractivity contribution >= 4 is 17.5 Å². The van der Waals surface area contributed by atoms with Crippen molar-refractivity contribution < 1.29 is 19.1 Å². The molecule has 0 spiro atoms. The van der Waals surface area contributed by atoms with E-state index in [4.69, 9.17) is 9.47 Å². The molecule has 1 atom stereocenters. The molecule has 1 aromatic rings. The summed E-state index contributed by atoms with van der Waals surface area (Å²) in [5, 5.41) is 3.04. The number of amides is 2. The monoisotopic (exact) mass is 375 g/mol. The lowest BCUT2D eigenvalue weighted by Crippen LogP contribution is -2.44. The maximum atomic E-state index is 12.4. The van der Waals surface area contributed by atoms with Crippen LogP contribution in [0.5, 0.6) is 5.75 Å². The highest BCUT2D eigenvalue weighted by Crippen LogP contribution is 2.45. The summed E-state index contributed by atoms with van der Waals surface area (Å²) in [5.74, 6) is 0.697. The van der Waals surface area contributed by atoms with Crippen LogP contribution < -0.4 is 15.0 Å². The fraction of sp³-hybridized carbons (Fsp3) is 0.600. The SMILES string of the molecule is COCC1(CNC(=O)CC2COc3ccc(C(=O)N(C)C)cc3N2C)CC1. The van der Waals surface area contributed by atoms with Crippen LogP contribution in [0.2, 0.25) is 0 Å². The van der Waals surface area contributed by atoms with Crippen molar-refractivity contribution in [2.75, 3.05) is 52.9 Å². The zero-order valence-corrected chi connectivity index (χ0v) is 16.6.